The monoisotopic (exact) mass is 444 g/mol. The van der Waals surface area contributed by atoms with Gasteiger partial charge in [0.25, 0.3) is 11.7 Å². The molecule has 4 aromatic rings. The fourth-order valence-corrected chi connectivity index (χ4v) is 2.87. The van der Waals surface area contributed by atoms with Gasteiger partial charge in [-0.3, -0.25) is 4.79 Å². The molecule has 0 aliphatic carbocycles. The molecule has 2 heterocycles. The number of nitrogens with zero attached hydrogens (tertiary/aromatic N) is 6. The molecule has 0 fully saturated rings. The summed E-state index contributed by atoms with van der Waals surface area (Å²) >= 11 is 0. The number of aromatic nitrogens is 6. The Morgan fingerprint density at radius 2 is 1.88 bits per heavy atom. The first-order chi connectivity index (χ1) is 15.1. The summed E-state index contributed by atoms with van der Waals surface area (Å²) in [6, 6.07) is 9.66. The normalized spacial score (nSPS) is 11.8. The van der Waals surface area contributed by atoms with E-state index in [9.17, 15) is 18.0 Å². The number of nitrogens with one attached hydrogen (secondary N) is 2. The van der Waals surface area contributed by atoms with Crippen molar-refractivity contribution < 1.29 is 18.0 Å². The molecule has 4 rings (SSSR count). The summed E-state index contributed by atoms with van der Waals surface area (Å²) < 4.78 is 38.1. The van der Waals surface area contributed by atoms with E-state index in [-0.39, 0.29) is 17.6 Å². The Hall–Kier alpha value is -3.96. The molecule has 2 aromatic carbocycles. The Morgan fingerprint density at radius 3 is 2.53 bits per heavy atom. The summed E-state index contributed by atoms with van der Waals surface area (Å²) in [4.78, 5) is 23.2. The van der Waals surface area contributed by atoms with Crippen LogP contribution in [0.15, 0.2) is 42.5 Å². The highest BCUT2D eigenvalue weighted by atomic mass is 19.4. The van der Waals surface area contributed by atoms with E-state index >= 15 is 0 Å². The lowest BCUT2D eigenvalue weighted by atomic mass is 10.2. The van der Waals surface area contributed by atoms with E-state index < -0.39 is 17.6 Å². The van der Waals surface area contributed by atoms with Crippen LogP contribution in [-0.4, -0.2) is 49.2 Å². The zero-order valence-electron chi connectivity index (χ0n) is 17.3. The maximum absolute atomic E-state index is 12.7. The summed E-state index contributed by atoms with van der Waals surface area (Å²) in [5.74, 6) is -0.129. The molecule has 2 N–H and O–H groups in total. The summed E-state index contributed by atoms with van der Waals surface area (Å²) in [6.45, 7) is 4.09. The van der Waals surface area contributed by atoms with E-state index in [1.807, 2.05) is 25.8 Å². The number of rotatable bonds is 5. The minimum Gasteiger partial charge on any atom is -0.343 e. The maximum atomic E-state index is 12.7. The lowest BCUT2D eigenvalue weighted by Crippen LogP contribution is -2.26. The van der Waals surface area contributed by atoms with Gasteiger partial charge in [0.2, 0.25) is 5.95 Å². The number of carbonyl (C=O) groups is 1. The van der Waals surface area contributed by atoms with Crippen molar-refractivity contribution in [2.24, 2.45) is 0 Å². The van der Waals surface area contributed by atoms with Gasteiger partial charge < -0.3 is 15.2 Å². The molecule has 0 aliphatic heterocycles. The highest BCUT2D eigenvalue weighted by molar-refractivity contribution is 6.02. The number of tetrazole rings is 1. The first-order valence-electron chi connectivity index (χ1n) is 9.63. The Balaban J connectivity index is 1.50. The third-order valence-electron chi connectivity index (χ3n) is 4.88. The Kier molecular flexibility index (Phi) is 5.28. The molecular weight excluding hydrogens is 425 g/mol. The Morgan fingerprint density at radius 1 is 1.16 bits per heavy atom. The average Bonchev–Trinajstić information content (AvgIpc) is 3.39. The van der Waals surface area contributed by atoms with Gasteiger partial charge in [-0.15, -0.1) is 15.0 Å². The number of hydrogen-bond acceptors (Lipinski definition) is 6. The third kappa shape index (κ3) is 4.24. The van der Waals surface area contributed by atoms with Crippen LogP contribution in [-0.2, 0) is 6.18 Å². The number of H-pyrrole nitrogens is 1. The van der Waals surface area contributed by atoms with Crippen molar-refractivity contribution in [2.75, 3.05) is 17.3 Å². The zero-order valence-corrected chi connectivity index (χ0v) is 17.3. The predicted molar refractivity (Wildman–Crippen MR) is 112 cm³/mol. The molecule has 9 nitrogen and oxygen atoms in total. The van der Waals surface area contributed by atoms with Crippen molar-refractivity contribution in [3.8, 4) is 5.69 Å². The molecule has 0 saturated carbocycles. The van der Waals surface area contributed by atoms with Crippen LogP contribution in [0.25, 0.3) is 16.7 Å². The van der Waals surface area contributed by atoms with Crippen LogP contribution in [0.3, 0.4) is 0 Å². The minimum atomic E-state index is -4.44. The second-order valence-electron chi connectivity index (χ2n) is 7.40. The summed E-state index contributed by atoms with van der Waals surface area (Å²) in [5, 5.41) is 14.1. The van der Waals surface area contributed by atoms with Crippen LogP contribution in [0.4, 0.5) is 24.8 Å². The summed E-state index contributed by atoms with van der Waals surface area (Å²) in [5.41, 5.74) is 1.43. The molecule has 1 amide bonds. The number of benzene rings is 2. The SMILES string of the molecule is CC(C)N(C)c1nc2ccc(NC(=O)c3nnn(-c4ccc(C(F)(F)F)cc4)n3)cc2[nH]1. The Bertz CT molecular complexity index is 1260. The molecule has 2 aromatic heterocycles. The summed E-state index contributed by atoms with van der Waals surface area (Å²) in [6.07, 6.45) is -4.44. The van der Waals surface area contributed by atoms with Gasteiger partial charge >= 0.3 is 6.18 Å². The first kappa shape index (κ1) is 21.3. The number of fused-ring (bicyclic) bond motifs is 1. The molecule has 0 aliphatic rings. The molecule has 0 bridgehead atoms. The zero-order chi connectivity index (χ0) is 23.0. The van der Waals surface area contributed by atoms with E-state index in [1.54, 1.807) is 18.2 Å². The molecule has 32 heavy (non-hydrogen) atoms. The van der Waals surface area contributed by atoms with E-state index in [0.717, 1.165) is 28.0 Å². The lowest BCUT2D eigenvalue weighted by molar-refractivity contribution is -0.137. The number of hydrogen-bond donors (Lipinski definition) is 2. The van der Waals surface area contributed by atoms with Crippen molar-refractivity contribution in [1.82, 2.24) is 30.2 Å². The quantitative estimate of drug-likeness (QED) is 0.487. The standard InChI is InChI=1S/C20H19F3N8O/c1-11(2)30(3)19-25-15-9-6-13(10-16(15)26-19)24-18(32)17-27-29-31(28-17)14-7-4-12(5-8-14)20(21,22)23/h4-11H,1-3H3,(H,24,32)(H,25,26). The molecule has 0 atom stereocenters. The second-order valence-corrected chi connectivity index (χ2v) is 7.40. The molecular formula is C20H19F3N8O. The second kappa shape index (κ2) is 7.94. The fourth-order valence-electron chi connectivity index (χ4n) is 2.87. The van der Waals surface area contributed by atoms with Gasteiger partial charge in [-0.2, -0.15) is 13.2 Å². The van der Waals surface area contributed by atoms with E-state index in [0.29, 0.717) is 11.6 Å². The van der Waals surface area contributed by atoms with Crippen molar-refractivity contribution in [3.63, 3.8) is 0 Å². The minimum absolute atomic E-state index is 0.227. The number of alkyl halides is 3. The predicted octanol–water partition coefficient (Wildman–Crippen LogP) is 3.65. The van der Waals surface area contributed by atoms with Gasteiger partial charge in [-0.05, 0) is 61.5 Å². The number of aromatic amines is 1. The van der Waals surface area contributed by atoms with Crippen molar-refractivity contribution in [1.29, 1.82) is 0 Å². The number of carbonyl (C=O) groups excluding carboxylic acids is 1. The van der Waals surface area contributed by atoms with E-state index in [4.69, 9.17) is 0 Å². The molecule has 0 unspecified atom stereocenters. The van der Waals surface area contributed by atoms with Crippen LogP contribution < -0.4 is 10.2 Å². The molecule has 0 radical (unpaired) electrons. The number of halogens is 3. The number of amides is 1. The van der Waals surface area contributed by atoms with Gasteiger partial charge in [0.1, 0.15) is 0 Å². The lowest BCUT2D eigenvalue weighted by Gasteiger charge is -2.19. The highest BCUT2D eigenvalue weighted by Gasteiger charge is 2.30. The molecule has 166 valence electrons. The van der Waals surface area contributed by atoms with Crippen LogP contribution in [0, 0.1) is 0 Å². The maximum Gasteiger partial charge on any atom is 0.416 e. The Labute approximate surface area is 180 Å². The molecule has 12 heteroatoms. The van der Waals surface area contributed by atoms with Gasteiger partial charge in [-0.25, -0.2) is 4.98 Å². The first-order valence-corrected chi connectivity index (χ1v) is 9.63. The van der Waals surface area contributed by atoms with Gasteiger partial charge in [0, 0.05) is 18.8 Å². The fraction of sp³-hybridized carbons (Fsp3) is 0.250. The van der Waals surface area contributed by atoms with Gasteiger partial charge in [0.05, 0.1) is 22.3 Å². The molecule has 0 spiro atoms. The largest absolute Gasteiger partial charge is 0.416 e. The topological polar surface area (TPSA) is 105 Å². The van der Waals surface area contributed by atoms with Crippen LogP contribution in [0.1, 0.15) is 30.0 Å². The van der Waals surface area contributed by atoms with Gasteiger partial charge in [-0.1, -0.05) is 0 Å². The number of anilines is 2. The summed E-state index contributed by atoms with van der Waals surface area (Å²) in [7, 11) is 1.93. The van der Waals surface area contributed by atoms with Crippen LogP contribution in [0.5, 0.6) is 0 Å². The van der Waals surface area contributed by atoms with Crippen LogP contribution in [0.2, 0.25) is 0 Å². The number of imidazole rings is 1. The van der Waals surface area contributed by atoms with Crippen molar-refractivity contribution in [3.05, 3.63) is 53.9 Å². The van der Waals surface area contributed by atoms with E-state index in [2.05, 4.69) is 30.7 Å². The van der Waals surface area contributed by atoms with Crippen LogP contribution >= 0.6 is 0 Å². The van der Waals surface area contributed by atoms with Crippen molar-refractivity contribution in [2.45, 2.75) is 26.1 Å². The molecule has 0 saturated heterocycles. The van der Waals surface area contributed by atoms with Crippen molar-refractivity contribution >= 4 is 28.6 Å². The van der Waals surface area contributed by atoms with Gasteiger partial charge in [0.15, 0.2) is 0 Å². The van der Waals surface area contributed by atoms with E-state index in [1.165, 1.54) is 12.1 Å². The smallest absolute Gasteiger partial charge is 0.343 e. The highest BCUT2D eigenvalue weighted by Crippen LogP contribution is 2.29. The third-order valence-corrected chi connectivity index (χ3v) is 4.88. The average molecular weight is 444 g/mol.